The van der Waals surface area contributed by atoms with Crippen molar-refractivity contribution in [2.45, 2.75) is 34.5 Å². The molecule has 2 rings (SSSR count). The number of hydrogen-bond acceptors (Lipinski definition) is 0. The van der Waals surface area contributed by atoms with Crippen LogP contribution < -0.4 is 8.79 Å². The van der Waals surface area contributed by atoms with Crippen molar-refractivity contribution in [3.8, 4) is 0 Å². The van der Waals surface area contributed by atoms with E-state index >= 15 is 0 Å². The Bertz CT molecular complexity index is 523. The van der Waals surface area contributed by atoms with Crippen molar-refractivity contribution in [3.63, 3.8) is 0 Å². The molecular formula is C16H24Ge2. The first-order valence-corrected chi connectivity index (χ1v) is 21.4. The molecule has 2 heteroatoms. The van der Waals surface area contributed by atoms with E-state index in [1.165, 1.54) is 5.39 Å². The average molecular weight is 362 g/mol. The molecule has 18 heavy (non-hydrogen) atoms. The summed E-state index contributed by atoms with van der Waals surface area (Å²) in [6.45, 7) is 0. The predicted octanol–water partition coefficient (Wildman–Crippen LogP) is 3.93. The van der Waals surface area contributed by atoms with Gasteiger partial charge in [0.05, 0.1) is 0 Å². The van der Waals surface area contributed by atoms with E-state index in [1.54, 1.807) is 14.2 Å². The molecule has 0 aliphatic carbocycles. The third-order valence-electron chi connectivity index (χ3n) is 3.52. The number of fused-ring (bicyclic) bond motifs is 1. The molecule has 0 bridgehead atoms. The van der Waals surface area contributed by atoms with Crippen molar-refractivity contribution in [2.24, 2.45) is 0 Å². The second kappa shape index (κ2) is 4.71. The molecule has 0 saturated heterocycles. The summed E-state index contributed by atoms with van der Waals surface area (Å²) in [6.07, 6.45) is 0. The van der Waals surface area contributed by atoms with Crippen LogP contribution in [0, 0.1) is 0 Å². The van der Waals surface area contributed by atoms with E-state index in [0.717, 1.165) is 0 Å². The van der Waals surface area contributed by atoms with Gasteiger partial charge in [-0.3, -0.25) is 0 Å². The van der Waals surface area contributed by atoms with Gasteiger partial charge in [-0.2, -0.15) is 0 Å². The maximum atomic E-state index is 2.50. The van der Waals surface area contributed by atoms with Gasteiger partial charge in [-0.1, -0.05) is 0 Å². The molecular weight excluding hydrogens is 337 g/mol. The normalized spacial score (nSPS) is 13.0. The van der Waals surface area contributed by atoms with E-state index in [9.17, 15) is 0 Å². The Morgan fingerprint density at radius 3 is 1.33 bits per heavy atom. The Morgan fingerprint density at radius 1 is 0.611 bits per heavy atom. The molecule has 0 atom stereocenters. The number of benzene rings is 2. The average Bonchev–Trinajstić information content (AvgIpc) is 2.24. The van der Waals surface area contributed by atoms with E-state index in [-0.39, 0.29) is 0 Å². The zero-order valence-electron chi connectivity index (χ0n) is 12.5. The summed E-state index contributed by atoms with van der Waals surface area (Å²) >= 11 is -3.60. The summed E-state index contributed by atoms with van der Waals surface area (Å²) in [4.78, 5) is 0. The van der Waals surface area contributed by atoms with Gasteiger partial charge in [0.2, 0.25) is 0 Å². The predicted molar refractivity (Wildman–Crippen MR) is 89.9 cm³/mol. The van der Waals surface area contributed by atoms with Crippen LogP contribution in [0.25, 0.3) is 10.8 Å². The van der Waals surface area contributed by atoms with Gasteiger partial charge < -0.3 is 0 Å². The zero-order chi connectivity index (χ0) is 13.6. The van der Waals surface area contributed by atoms with Crippen LogP contribution in [0.15, 0.2) is 36.4 Å². The number of hydrogen-bond donors (Lipinski definition) is 0. The summed E-state index contributed by atoms with van der Waals surface area (Å²) < 4.78 is 3.37. The van der Waals surface area contributed by atoms with Crippen molar-refractivity contribution in [1.82, 2.24) is 0 Å². The van der Waals surface area contributed by atoms with E-state index in [2.05, 4.69) is 70.9 Å². The molecule has 2 aromatic rings. The molecule has 0 unspecified atom stereocenters. The molecule has 0 spiro atoms. The second-order valence-corrected chi connectivity index (χ2v) is 28.4. The van der Waals surface area contributed by atoms with Crippen LogP contribution in [0.1, 0.15) is 0 Å². The van der Waals surface area contributed by atoms with E-state index < -0.39 is 26.5 Å². The molecule has 0 radical (unpaired) electrons. The van der Waals surface area contributed by atoms with Gasteiger partial charge in [0.1, 0.15) is 0 Å². The van der Waals surface area contributed by atoms with Crippen molar-refractivity contribution < 1.29 is 0 Å². The van der Waals surface area contributed by atoms with Gasteiger partial charge in [-0.25, -0.2) is 0 Å². The van der Waals surface area contributed by atoms with E-state index in [4.69, 9.17) is 0 Å². The Labute approximate surface area is 117 Å². The van der Waals surface area contributed by atoms with Crippen LogP contribution in [0.4, 0.5) is 0 Å². The zero-order valence-corrected chi connectivity index (χ0v) is 16.7. The first kappa shape index (κ1) is 14.2. The Balaban J connectivity index is 2.90. The number of rotatable bonds is 2. The van der Waals surface area contributed by atoms with Crippen LogP contribution in [0.2, 0.25) is 34.5 Å². The SMILES string of the molecule is [CH3][Ge]([CH3])([CH3])[c]1cccc2ccc[c]([Ge]([CH3])([CH3])[CH3])c12. The summed E-state index contributed by atoms with van der Waals surface area (Å²) in [5, 5.41) is 3.06. The standard InChI is InChI=1S/C16H24Ge2/c1-17(2,3)14-11-7-9-13-10-8-12-15(16(13)14)18(4,5)6/h7-12H,1-6H3. The molecule has 0 heterocycles. The van der Waals surface area contributed by atoms with Gasteiger partial charge in [0.25, 0.3) is 0 Å². The first-order chi connectivity index (χ1) is 8.21. The van der Waals surface area contributed by atoms with Gasteiger partial charge in [-0.05, 0) is 0 Å². The van der Waals surface area contributed by atoms with E-state index in [0.29, 0.717) is 0 Å². The molecule has 96 valence electrons. The van der Waals surface area contributed by atoms with Gasteiger partial charge in [0.15, 0.2) is 0 Å². The first-order valence-electron chi connectivity index (χ1n) is 6.74. The van der Waals surface area contributed by atoms with Crippen molar-refractivity contribution in [2.75, 3.05) is 0 Å². The third-order valence-corrected chi connectivity index (χ3v) is 12.1. The van der Waals surface area contributed by atoms with Crippen LogP contribution in [0.3, 0.4) is 0 Å². The van der Waals surface area contributed by atoms with Crippen LogP contribution in [0.5, 0.6) is 0 Å². The summed E-state index contributed by atoms with van der Waals surface area (Å²) in [7, 11) is 0. The topological polar surface area (TPSA) is 0 Å². The fourth-order valence-electron chi connectivity index (χ4n) is 2.59. The monoisotopic (exact) mass is 364 g/mol. The van der Waals surface area contributed by atoms with Crippen molar-refractivity contribution in [3.05, 3.63) is 36.4 Å². The maximum absolute atomic E-state index is 2.50. The van der Waals surface area contributed by atoms with E-state index in [1.807, 2.05) is 0 Å². The molecule has 0 aliphatic heterocycles. The van der Waals surface area contributed by atoms with Gasteiger partial charge in [0, 0.05) is 0 Å². The minimum absolute atomic E-state index is 1.45. The molecule has 0 aliphatic rings. The molecule has 0 aromatic heterocycles. The molecule has 0 fully saturated rings. The van der Waals surface area contributed by atoms with Crippen LogP contribution >= 0.6 is 0 Å². The third kappa shape index (κ3) is 2.69. The molecule has 0 nitrogen and oxygen atoms in total. The molecule has 0 amide bonds. The molecule has 0 saturated carbocycles. The van der Waals surface area contributed by atoms with Crippen molar-refractivity contribution >= 4 is 46.1 Å². The summed E-state index contributed by atoms with van der Waals surface area (Å²) in [5.74, 6) is 15.0. The quantitative estimate of drug-likeness (QED) is 0.711. The summed E-state index contributed by atoms with van der Waals surface area (Å²) in [5.41, 5.74) is 0. The molecule has 2 aromatic carbocycles. The second-order valence-electron chi connectivity index (χ2n) is 7.21. The Hall–Kier alpha value is -0.214. The fourth-order valence-corrected chi connectivity index (χ4v) is 9.96. The Kier molecular flexibility index (Phi) is 3.72. The molecule has 0 N–H and O–H groups in total. The van der Waals surface area contributed by atoms with Gasteiger partial charge >= 0.3 is 117 Å². The van der Waals surface area contributed by atoms with Crippen LogP contribution in [-0.2, 0) is 0 Å². The Morgan fingerprint density at radius 2 is 1.00 bits per heavy atom. The summed E-state index contributed by atoms with van der Waals surface area (Å²) in [6, 6.07) is 13.8. The minimum atomic E-state index is -1.80. The fraction of sp³-hybridized carbons (Fsp3) is 0.375. The van der Waals surface area contributed by atoms with Crippen molar-refractivity contribution in [1.29, 1.82) is 0 Å². The van der Waals surface area contributed by atoms with Crippen LogP contribution in [-0.4, -0.2) is 26.5 Å². The van der Waals surface area contributed by atoms with Gasteiger partial charge in [-0.15, -0.1) is 0 Å².